The average molecular weight is 430 g/mol. The highest BCUT2D eigenvalue weighted by atomic mass is 16.3. The molecule has 0 saturated heterocycles. The molecule has 0 aliphatic heterocycles. The van der Waals surface area contributed by atoms with Gasteiger partial charge in [-0.25, -0.2) is 4.98 Å². The Morgan fingerprint density at radius 3 is 2.62 bits per heavy atom. The van der Waals surface area contributed by atoms with E-state index in [2.05, 4.69) is 28.1 Å². The third-order valence-corrected chi connectivity index (χ3v) is 6.77. The van der Waals surface area contributed by atoms with Gasteiger partial charge in [0.25, 0.3) is 5.56 Å². The molecule has 5 rings (SSSR count). The van der Waals surface area contributed by atoms with E-state index in [-0.39, 0.29) is 11.6 Å². The van der Waals surface area contributed by atoms with Crippen LogP contribution in [0.1, 0.15) is 47.6 Å². The number of hydrogen-bond acceptors (Lipinski definition) is 5. The summed E-state index contributed by atoms with van der Waals surface area (Å²) >= 11 is 0. The van der Waals surface area contributed by atoms with Crippen molar-refractivity contribution in [3.05, 3.63) is 75.7 Å². The standard InChI is InChI=1S/C25H27N5O2/c1-15-16(2)24-20(25(32)30(14-27-24)22-5-4-6-23(22)31)10-18(15)9-17-7-8-21(26-11-17)19-12-28-29(3)13-19/h7-8,10-14,22-23,31H,4-6,9H2,1-3H3. The number of aliphatic hydroxyl groups excluding tert-OH is 1. The smallest absolute Gasteiger partial charge is 0.261 e. The maximum atomic E-state index is 13.3. The molecule has 1 aromatic carbocycles. The second kappa shape index (κ2) is 7.98. The zero-order chi connectivity index (χ0) is 22.4. The molecule has 0 radical (unpaired) electrons. The van der Waals surface area contributed by atoms with Crippen LogP contribution in [0.15, 0.2) is 47.9 Å². The van der Waals surface area contributed by atoms with Gasteiger partial charge in [-0.1, -0.05) is 6.07 Å². The van der Waals surface area contributed by atoms with E-state index < -0.39 is 6.10 Å². The number of hydrogen-bond donors (Lipinski definition) is 1. The fraction of sp³-hybridized carbons (Fsp3) is 0.360. The van der Waals surface area contributed by atoms with Crippen molar-refractivity contribution in [2.24, 2.45) is 7.05 Å². The van der Waals surface area contributed by atoms with Crippen molar-refractivity contribution in [2.45, 2.75) is 51.7 Å². The maximum absolute atomic E-state index is 13.3. The number of fused-ring (bicyclic) bond motifs is 1. The third-order valence-electron chi connectivity index (χ3n) is 6.77. The molecular weight excluding hydrogens is 402 g/mol. The van der Waals surface area contributed by atoms with Crippen LogP contribution in [0.2, 0.25) is 0 Å². The van der Waals surface area contributed by atoms with Crippen LogP contribution >= 0.6 is 0 Å². The van der Waals surface area contributed by atoms with Crippen LogP contribution in [0.4, 0.5) is 0 Å². The summed E-state index contributed by atoms with van der Waals surface area (Å²) in [5.74, 6) is 0. The van der Waals surface area contributed by atoms with E-state index in [4.69, 9.17) is 0 Å². The first-order valence-electron chi connectivity index (χ1n) is 11.0. The highest BCUT2D eigenvalue weighted by Gasteiger charge is 2.28. The van der Waals surface area contributed by atoms with Crippen LogP contribution in [0.3, 0.4) is 0 Å². The van der Waals surface area contributed by atoms with Crippen LogP contribution in [-0.2, 0) is 13.5 Å². The highest BCUT2D eigenvalue weighted by molar-refractivity contribution is 5.83. The lowest BCUT2D eigenvalue weighted by molar-refractivity contribution is 0.134. The Balaban J connectivity index is 1.51. The van der Waals surface area contributed by atoms with Crippen LogP contribution in [0.25, 0.3) is 22.2 Å². The molecule has 1 N–H and O–H groups in total. The number of rotatable bonds is 4. The predicted molar refractivity (Wildman–Crippen MR) is 124 cm³/mol. The van der Waals surface area contributed by atoms with Gasteiger partial charge in [-0.05, 0) is 73.9 Å². The largest absolute Gasteiger partial charge is 0.391 e. The molecule has 2 atom stereocenters. The molecule has 1 saturated carbocycles. The predicted octanol–water partition coefficient (Wildman–Crippen LogP) is 3.49. The molecule has 3 heterocycles. The van der Waals surface area contributed by atoms with Gasteiger partial charge >= 0.3 is 0 Å². The highest BCUT2D eigenvalue weighted by Crippen LogP contribution is 2.30. The van der Waals surface area contributed by atoms with E-state index in [9.17, 15) is 9.90 Å². The van der Waals surface area contributed by atoms with Gasteiger partial charge in [-0.15, -0.1) is 0 Å². The lowest BCUT2D eigenvalue weighted by Crippen LogP contribution is -2.29. The van der Waals surface area contributed by atoms with Crippen LogP contribution in [0, 0.1) is 13.8 Å². The molecule has 4 aromatic rings. The molecule has 0 bridgehead atoms. The molecule has 0 spiro atoms. The summed E-state index contributed by atoms with van der Waals surface area (Å²) in [5, 5.41) is 15.1. The monoisotopic (exact) mass is 429 g/mol. The first-order valence-corrected chi connectivity index (χ1v) is 11.0. The molecular formula is C25H27N5O2. The molecule has 3 aromatic heterocycles. The molecule has 164 valence electrons. The number of aromatic nitrogens is 5. The summed E-state index contributed by atoms with van der Waals surface area (Å²) in [5.41, 5.74) is 6.87. The summed E-state index contributed by atoms with van der Waals surface area (Å²) in [7, 11) is 1.89. The van der Waals surface area contributed by atoms with E-state index >= 15 is 0 Å². The molecule has 1 aliphatic rings. The Bertz CT molecular complexity index is 1350. The fourth-order valence-electron chi connectivity index (χ4n) is 4.75. The second-order valence-electron chi connectivity index (χ2n) is 8.84. The molecule has 0 amide bonds. The van der Waals surface area contributed by atoms with Gasteiger partial charge in [-0.2, -0.15) is 5.10 Å². The van der Waals surface area contributed by atoms with Crippen LogP contribution < -0.4 is 5.56 Å². The summed E-state index contributed by atoms with van der Waals surface area (Å²) in [4.78, 5) is 22.5. The van der Waals surface area contributed by atoms with E-state index in [1.807, 2.05) is 38.5 Å². The second-order valence-corrected chi connectivity index (χ2v) is 8.84. The lowest BCUT2D eigenvalue weighted by atomic mass is 9.95. The van der Waals surface area contributed by atoms with E-state index in [1.54, 1.807) is 21.8 Å². The summed E-state index contributed by atoms with van der Waals surface area (Å²) in [6.45, 7) is 4.10. The van der Waals surface area contributed by atoms with Crippen molar-refractivity contribution in [3.63, 3.8) is 0 Å². The van der Waals surface area contributed by atoms with Crippen molar-refractivity contribution in [2.75, 3.05) is 0 Å². The summed E-state index contributed by atoms with van der Waals surface area (Å²) in [6.07, 6.45) is 9.91. The number of benzene rings is 1. The van der Waals surface area contributed by atoms with E-state index in [0.717, 1.165) is 58.3 Å². The van der Waals surface area contributed by atoms with E-state index in [0.29, 0.717) is 11.8 Å². The first-order chi connectivity index (χ1) is 15.4. The van der Waals surface area contributed by atoms with Gasteiger partial charge in [0.15, 0.2) is 0 Å². The summed E-state index contributed by atoms with van der Waals surface area (Å²) < 4.78 is 3.39. The zero-order valence-electron chi connectivity index (χ0n) is 18.6. The normalized spacial score (nSPS) is 18.5. The van der Waals surface area contributed by atoms with E-state index in [1.165, 1.54) is 0 Å². The molecule has 32 heavy (non-hydrogen) atoms. The van der Waals surface area contributed by atoms with Crippen molar-refractivity contribution in [3.8, 4) is 11.3 Å². The molecule has 7 heteroatoms. The Morgan fingerprint density at radius 1 is 1.12 bits per heavy atom. The molecule has 2 unspecified atom stereocenters. The van der Waals surface area contributed by atoms with Crippen LogP contribution in [0.5, 0.6) is 0 Å². The van der Waals surface area contributed by atoms with Crippen molar-refractivity contribution >= 4 is 10.9 Å². The first kappa shape index (κ1) is 20.6. The fourth-order valence-corrected chi connectivity index (χ4v) is 4.75. The Morgan fingerprint density at radius 2 is 1.97 bits per heavy atom. The topological polar surface area (TPSA) is 85.8 Å². The van der Waals surface area contributed by atoms with Crippen molar-refractivity contribution < 1.29 is 5.11 Å². The van der Waals surface area contributed by atoms with Crippen molar-refractivity contribution in [1.82, 2.24) is 24.3 Å². The van der Waals surface area contributed by atoms with Gasteiger partial charge in [0.05, 0.1) is 41.3 Å². The third kappa shape index (κ3) is 3.52. The number of aryl methyl sites for hydroxylation is 2. The molecule has 1 aliphatic carbocycles. The zero-order valence-corrected chi connectivity index (χ0v) is 18.6. The summed E-state index contributed by atoms with van der Waals surface area (Å²) in [6, 6.07) is 5.87. The van der Waals surface area contributed by atoms with Gasteiger partial charge in [0, 0.05) is 25.0 Å². The van der Waals surface area contributed by atoms with Gasteiger partial charge in [0.1, 0.15) is 0 Å². The van der Waals surface area contributed by atoms with Gasteiger partial charge in [0.2, 0.25) is 0 Å². The average Bonchev–Trinajstić information content (AvgIpc) is 3.41. The van der Waals surface area contributed by atoms with Gasteiger partial charge < -0.3 is 5.11 Å². The van der Waals surface area contributed by atoms with Crippen molar-refractivity contribution in [1.29, 1.82) is 0 Å². The minimum Gasteiger partial charge on any atom is -0.391 e. The quantitative estimate of drug-likeness (QED) is 0.537. The number of nitrogens with zero attached hydrogens (tertiary/aromatic N) is 5. The molecule has 1 fully saturated rings. The minimum atomic E-state index is -0.484. The Hall–Kier alpha value is -3.32. The lowest BCUT2D eigenvalue weighted by Gasteiger charge is -2.19. The SMILES string of the molecule is Cc1c(Cc2ccc(-c3cnn(C)c3)nc2)cc2c(=O)n(C3CCCC3O)cnc2c1C. The van der Waals surface area contributed by atoms with Crippen LogP contribution in [-0.4, -0.2) is 35.5 Å². The Kier molecular flexibility index (Phi) is 5.13. The van der Waals surface area contributed by atoms with Gasteiger partial charge in [-0.3, -0.25) is 19.0 Å². The number of pyridine rings is 1. The maximum Gasteiger partial charge on any atom is 0.261 e. The number of aliphatic hydroxyl groups is 1. The minimum absolute atomic E-state index is 0.0737. The Labute approximate surface area is 186 Å². The molecule has 7 nitrogen and oxygen atoms in total.